The topological polar surface area (TPSA) is 44.4 Å². The number of halogens is 3. The molecule has 0 aromatic heterocycles. The zero-order chi connectivity index (χ0) is 14.7. The van der Waals surface area contributed by atoms with E-state index in [1.165, 1.54) is 0 Å². The predicted molar refractivity (Wildman–Crippen MR) is 92.1 cm³/mol. The lowest BCUT2D eigenvalue weighted by molar-refractivity contribution is -0.117. The monoisotopic (exact) mass is 467 g/mol. The number of carbonyl (C=O) groups excluding carboxylic acids is 1. The van der Waals surface area contributed by atoms with Crippen molar-refractivity contribution in [2.75, 3.05) is 32.0 Å². The maximum atomic E-state index is 12.1. The van der Waals surface area contributed by atoms with E-state index < -0.39 is 0 Å². The summed E-state index contributed by atoms with van der Waals surface area (Å²) in [5.74, 6) is -0.0110. The van der Waals surface area contributed by atoms with Gasteiger partial charge in [0.25, 0.3) is 0 Å². The number of nitrogens with zero attached hydrogens (tertiary/aromatic N) is 1. The lowest BCUT2D eigenvalue weighted by atomic mass is 10.2. The standard InChI is InChI=1S/C13H16Br3N3O/c1-19(9-2-3-17-6-9)7-12(20)18-13-10(15)4-8(14)5-11(13)16/h4-5,9,17H,2-3,6-7H2,1H3,(H,18,20). The molecule has 1 aromatic rings. The number of hydrogen-bond acceptors (Lipinski definition) is 3. The molecule has 0 radical (unpaired) electrons. The van der Waals surface area contributed by atoms with Crippen LogP contribution in [0, 0.1) is 0 Å². The van der Waals surface area contributed by atoms with Gasteiger partial charge in [-0.25, -0.2) is 0 Å². The van der Waals surface area contributed by atoms with Gasteiger partial charge in [-0.05, 0) is 64.0 Å². The van der Waals surface area contributed by atoms with Crippen molar-refractivity contribution in [1.29, 1.82) is 0 Å². The van der Waals surface area contributed by atoms with Gasteiger partial charge in [0.05, 0.1) is 12.2 Å². The van der Waals surface area contributed by atoms with E-state index in [2.05, 4.69) is 63.3 Å². The maximum absolute atomic E-state index is 12.1. The van der Waals surface area contributed by atoms with Crippen LogP contribution in [0.15, 0.2) is 25.6 Å². The minimum Gasteiger partial charge on any atom is -0.323 e. The zero-order valence-electron chi connectivity index (χ0n) is 11.0. The third kappa shape index (κ3) is 4.27. The van der Waals surface area contributed by atoms with E-state index in [4.69, 9.17) is 0 Å². The normalized spacial score (nSPS) is 18.6. The van der Waals surface area contributed by atoms with Crippen molar-refractivity contribution in [3.05, 3.63) is 25.6 Å². The summed E-state index contributed by atoms with van der Waals surface area (Å²) in [6.07, 6.45) is 1.09. The molecule has 0 aliphatic carbocycles. The number of likely N-dealkylation sites (N-methyl/N-ethyl adjacent to an activating group) is 1. The fourth-order valence-corrected chi connectivity index (χ4v) is 4.67. The van der Waals surface area contributed by atoms with Gasteiger partial charge in [0.2, 0.25) is 5.91 Å². The van der Waals surface area contributed by atoms with Crippen LogP contribution in [0.25, 0.3) is 0 Å². The second kappa shape index (κ2) is 7.35. The van der Waals surface area contributed by atoms with Gasteiger partial charge in [0, 0.05) is 26.0 Å². The Hall–Kier alpha value is 0.0500. The third-order valence-corrected chi connectivity index (χ3v) is 5.03. The molecule has 2 N–H and O–H groups in total. The molecule has 0 saturated carbocycles. The Morgan fingerprint density at radius 1 is 1.40 bits per heavy atom. The summed E-state index contributed by atoms with van der Waals surface area (Å²) in [4.78, 5) is 14.2. The van der Waals surface area contributed by atoms with Gasteiger partial charge >= 0.3 is 0 Å². The van der Waals surface area contributed by atoms with Crippen molar-refractivity contribution in [1.82, 2.24) is 10.2 Å². The largest absolute Gasteiger partial charge is 0.323 e. The van der Waals surface area contributed by atoms with Crippen LogP contribution in [0.3, 0.4) is 0 Å². The number of amides is 1. The fourth-order valence-electron chi connectivity index (χ4n) is 2.21. The smallest absolute Gasteiger partial charge is 0.238 e. The molecule has 1 atom stereocenters. The zero-order valence-corrected chi connectivity index (χ0v) is 15.8. The van der Waals surface area contributed by atoms with E-state index in [1.807, 2.05) is 19.2 Å². The Labute approximate surface area is 144 Å². The summed E-state index contributed by atoms with van der Waals surface area (Å²) in [6.45, 7) is 2.37. The molecule has 20 heavy (non-hydrogen) atoms. The van der Waals surface area contributed by atoms with E-state index in [0.717, 1.165) is 38.6 Å². The number of anilines is 1. The number of carbonyl (C=O) groups is 1. The second-order valence-electron chi connectivity index (χ2n) is 4.85. The van der Waals surface area contributed by atoms with Crippen molar-refractivity contribution in [2.24, 2.45) is 0 Å². The summed E-state index contributed by atoms with van der Waals surface area (Å²) >= 11 is 10.3. The first kappa shape index (κ1) is 16.4. The van der Waals surface area contributed by atoms with Gasteiger partial charge in [0.15, 0.2) is 0 Å². The molecular formula is C13H16Br3N3O. The van der Waals surface area contributed by atoms with Crippen LogP contribution < -0.4 is 10.6 Å². The molecule has 1 aliphatic rings. The molecule has 1 aromatic carbocycles. The number of rotatable bonds is 4. The second-order valence-corrected chi connectivity index (χ2v) is 7.48. The van der Waals surface area contributed by atoms with Crippen LogP contribution in [0.1, 0.15) is 6.42 Å². The highest BCUT2D eigenvalue weighted by Crippen LogP contribution is 2.34. The molecule has 1 amide bonds. The molecule has 4 nitrogen and oxygen atoms in total. The van der Waals surface area contributed by atoms with Crippen LogP contribution >= 0.6 is 47.8 Å². The summed E-state index contributed by atoms with van der Waals surface area (Å²) in [6, 6.07) is 4.26. The first-order valence-corrected chi connectivity index (χ1v) is 8.70. The minimum absolute atomic E-state index is 0.0110. The Balaban J connectivity index is 1.97. The van der Waals surface area contributed by atoms with Gasteiger partial charge in [-0.2, -0.15) is 0 Å². The Morgan fingerprint density at radius 3 is 2.60 bits per heavy atom. The molecule has 0 spiro atoms. The summed E-state index contributed by atoms with van der Waals surface area (Å²) in [5, 5.41) is 6.25. The highest BCUT2D eigenvalue weighted by Gasteiger charge is 2.21. The average molecular weight is 470 g/mol. The average Bonchev–Trinajstić information content (AvgIpc) is 2.87. The fraction of sp³-hybridized carbons (Fsp3) is 0.462. The van der Waals surface area contributed by atoms with Crippen molar-refractivity contribution < 1.29 is 4.79 Å². The Morgan fingerprint density at radius 2 is 2.05 bits per heavy atom. The van der Waals surface area contributed by atoms with Crippen LogP contribution in [0.2, 0.25) is 0 Å². The van der Waals surface area contributed by atoms with Gasteiger partial charge in [-0.15, -0.1) is 0 Å². The molecule has 1 heterocycles. The molecule has 1 unspecified atom stereocenters. The number of benzene rings is 1. The minimum atomic E-state index is -0.0110. The van der Waals surface area contributed by atoms with E-state index in [-0.39, 0.29) is 5.91 Å². The molecule has 110 valence electrons. The quantitative estimate of drug-likeness (QED) is 0.711. The third-order valence-electron chi connectivity index (χ3n) is 3.32. The molecule has 1 saturated heterocycles. The molecule has 1 aliphatic heterocycles. The first-order chi connectivity index (χ1) is 9.47. The van der Waals surface area contributed by atoms with Gasteiger partial charge in [0.1, 0.15) is 0 Å². The predicted octanol–water partition coefficient (Wildman–Crippen LogP) is 3.21. The highest BCUT2D eigenvalue weighted by molar-refractivity contribution is 9.11. The van der Waals surface area contributed by atoms with E-state index in [0.29, 0.717) is 12.6 Å². The van der Waals surface area contributed by atoms with E-state index in [1.54, 1.807) is 0 Å². The lowest BCUT2D eigenvalue weighted by Gasteiger charge is -2.23. The first-order valence-electron chi connectivity index (χ1n) is 6.32. The van der Waals surface area contributed by atoms with Crippen molar-refractivity contribution in [3.8, 4) is 0 Å². The molecule has 1 fully saturated rings. The van der Waals surface area contributed by atoms with Crippen molar-refractivity contribution in [2.45, 2.75) is 12.5 Å². The van der Waals surface area contributed by atoms with Gasteiger partial charge < -0.3 is 10.6 Å². The maximum Gasteiger partial charge on any atom is 0.238 e. The molecule has 7 heteroatoms. The van der Waals surface area contributed by atoms with E-state index >= 15 is 0 Å². The number of nitrogens with one attached hydrogen (secondary N) is 2. The van der Waals surface area contributed by atoms with Crippen molar-refractivity contribution in [3.63, 3.8) is 0 Å². The summed E-state index contributed by atoms with van der Waals surface area (Å²) in [7, 11) is 1.99. The summed E-state index contributed by atoms with van der Waals surface area (Å²) < 4.78 is 2.64. The van der Waals surface area contributed by atoms with Crippen LogP contribution in [0.4, 0.5) is 5.69 Å². The highest BCUT2D eigenvalue weighted by atomic mass is 79.9. The van der Waals surface area contributed by atoms with Gasteiger partial charge in [-0.1, -0.05) is 15.9 Å². The summed E-state index contributed by atoms with van der Waals surface area (Å²) in [5.41, 5.74) is 0.760. The van der Waals surface area contributed by atoms with Crippen molar-refractivity contribution >= 4 is 59.4 Å². The molecular weight excluding hydrogens is 454 g/mol. The van der Waals surface area contributed by atoms with Crippen LogP contribution in [-0.4, -0.2) is 43.5 Å². The van der Waals surface area contributed by atoms with Crippen LogP contribution in [-0.2, 0) is 4.79 Å². The Bertz CT molecular complexity index is 481. The molecule has 0 bridgehead atoms. The van der Waals surface area contributed by atoms with E-state index in [9.17, 15) is 4.79 Å². The van der Waals surface area contributed by atoms with Crippen LogP contribution in [0.5, 0.6) is 0 Å². The van der Waals surface area contributed by atoms with Gasteiger partial charge in [-0.3, -0.25) is 9.69 Å². The molecule has 2 rings (SSSR count). The number of hydrogen-bond donors (Lipinski definition) is 2. The SMILES string of the molecule is CN(CC(=O)Nc1c(Br)cc(Br)cc1Br)C1CCNC1. The Kier molecular flexibility index (Phi) is 6.04. The lowest BCUT2D eigenvalue weighted by Crippen LogP contribution is -2.39.